The molecule has 0 bridgehead atoms. The number of nitrogens with two attached hydrogens (primary N) is 1. The van der Waals surface area contributed by atoms with Crippen LogP contribution in [0.15, 0.2) is 46.9 Å². The van der Waals surface area contributed by atoms with E-state index >= 15 is 0 Å². The van der Waals surface area contributed by atoms with Gasteiger partial charge in [-0.2, -0.15) is 0 Å². The summed E-state index contributed by atoms with van der Waals surface area (Å²) in [5.41, 5.74) is 7.56. The van der Waals surface area contributed by atoms with E-state index in [0.29, 0.717) is 6.42 Å². The number of benzene rings is 2. The molecule has 0 aliphatic heterocycles. The van der Waals surface area contributed by atoms with Crippen LogP contribution in [0.5, 0.6) is 5.75 Å². The van der Waals surface area contributed by atoms with Gasteiger partial charge >= 0.3 is 0 Å². The van der Waals surface area contributed by atoms with E-state index in [2.05, 4.69) is 15.9 Å². The minimum Gasteiger partial charge on any atom is -0.496 e. The fourth-order valence-corrected chi connectivity index (χ4v) is 2.78. The summed E-state index contributed by atoms with van der Waals surface area (Å²) < 4.78 is 19.4. The Morgan fingerprint density at radius 1 is 1.25 bits per heavy atom. The molecule has 0 fully saturated rings. The van der Waals surface area contributed by atoms with E-state index in [4.69, 9.17) is 10.5 Å². The molecule has 1 unspecified atom stereocenters. The van der Waals surface area contributed by atoms with Crippen LogP contribution in [0.3, 0.4) is 0 Å². The first-order valence-corrected chi connectivity index (χ1v) is 7.09. The van der Waals surface area contributed by atoms with Crippen molar-refractivity contribution in [3.63, 3.8) is 0 Å². The number of hydrogen-bond donors (Lipinski definition) is 1. The minimum absolute atomic E-state index is 0.268. The van der Waals surface area contributed by atoms with E-state index in [1.54, 1.807) is 13.2 Å². The van der Waals surface area contributed by atoms with Gasteiger partial charge in [-0.15, -0.1) is 0 Å². The average molecular weight is 338 g/mol. The van der Waals surface area contributed by atoms with E-state index in [-0.39, 0.29) is 5.82 Å². The lowest BCUT2D eigenvalue weighted by Gasteiger charge is -2.25. The summed E-state index contributed by atoms with van der Waals surface area (Å²) in [6.07, 6.45) is 0.610. The summed E-state index contributed by atoms with van der Waals surface area (Å²) in [6.45, 7) is 1.90. The van der Waals surface area contributed by atoms with Crippen molar-refractivity contribution in [1.29, 1.82) is 0 Å². The quantitative estimate of drug-likeness (QED) is 0.914. The monoisotopic (exact) mass is 337 g/mol. The Morgan fingerprint density at radius 3 is 2.60 bits per heavy atom. The molecule has 0 spiro atoms. The highest BCUT2D eigenvalue weighted by atomic mass is 79.9. The molecule has 2 nitrogen and oxygen atoms in total. The SMILES string of the molecule is COc1ccc(CC(C)(N)c2cccc(F)c2)cc1Br. The zero-order valence-electron chi connectivity index (χ0n) is 11.5. The summed E-state index contributed by atoms with van der Waals surface area (Å²) in [7, 11) is 1.62. The molecule has 0 radical (unpaired) electrons. The van der Waals surface area contributed by atoms with E-state index in [1.165, 1.54) is 12.1 Å². The third-order valence-corrected chi connectivity index (χ3v) is 3.89. The van der Waals surface area contributed by atoms with Crippen LogP contribution in [-0.2, 0) is 12.0 Å². The molecule has 20 heavy (non-hydrogen) atoms. The Balaban J connectivity index is 2.26. The summed E-state index contributed by atoms with van der Waals surface area (Å²) in [6, 6.07) is 12.3. The highest BCUT2D eigenvalue weighted by Gasteiger charge is 2.22. The topological polar surface area (TPSA) is 35.2 Å². The molecule has 0 heterocycles. The van der Waals surface area contributed by atoms with Crippen LogP contribution in [-0.4, -0.2) is 7.11 Å². The summed E-state index contributed by atoms with van der Waals surface area (Å²) in [4.78, 5) is 0. The highest BCUT2D eigenvalue weighted by Crippen LogP contribution is 2.29. The molecule has 2 rings (SSSR count). The molecule has 2 aromatic rings. The van der Waals surface area contributed by atoms with Gasteiger partial charge in [-0.05, 0) is 64.7 Å². The largest absolute Gasteiger partial charge is 0.496 e. The van der Waals surface area contributed by atoms with Crippen molar-refractivity contribution in [2.75, 3.05) is 7.11 Å². The normalized spacial score (nSPS) is 13.8. The van der Waals surface area contributed by atoms with Crippen molar-refractivity contribution in [2.24, 2.45) is 5.73 Å². The van der Waals surface area contributed by atoms with Gasteiger partial charge in [0.25, 0.3) is 0 Å². The van der Waals surface area contributed by atoms with Crippen LogP contribution < -0.4 is 10.5 Å². The summed E-state index contributed by atoms with van der Waals surface area (Å²) >= 11 is 3.46. The first-order chi connectivity index (χ1) is 9.42. The van der Waals surface area contributed by atoms with Crippen molar-refractivity contribution in [2.45, 2.75) is 18.9 Å². The first kappa shape index (κ1) is 15.0. The molecule has 0 saturated heterocycles. The molecular weight excluding hydrogens is 321 g/mol. The number of hydrogen-bond acceptors (Lipinski definition) is 2. The van der Waals surface area contributed by atoms with Gasteiger partial charge in [0, 0.05) is 5.54 Å². The van der Waals surface area contributed by atoms with E-state index in [9.17, 15) is 4.39 Å². The zero-order valence-corrected chi connectivity index (χ0v) is 13.1. The molecule has 0 amide bonds. The molecule has 0 aromatic heterocycles. The number of ether oxygens (including phenoxy) is 1. The fraction of sp³-hybridized carbons (Fsp3) is 0.250. The molecule has 4 heteroatoms. The highest BCUT2D eigenvalue weighted by molar-refractivity contribution is 9.10. The Morgan fingerprint density at radius 2 is 2.00 bits per heavy atom. The third kappa shape index (κ3) is 3.38. The van der Waals surface area contributed by atoms with E-state index in [0.717, 1.165) is 21.3 Å². The van der Waals surface area contributed by atoms with Gasteiger partial charge in [-0.3, -0.25) is 0 Å². The van der Waals surface area contributed by atoms with Crippen molar-refractivity contribution < 1.29 is 9.13 Å². The summed E-state index contributed by atoms with van der Waals surface area (Å²) in [5.74, 6) is 0.508. The van der Waals surface area contributed by atoms with E-state index in [1.807, 2.05) is 31.2 Å². The maximum Gasteiger partial charge on any atom is 0.133 e. The second-order valence-corrected chi connectivity index (χ2v) is 5.93. The molecule has 2 aromatic carbocycles. The van der Waals surface area contributed by atoms with Crippen LogP contribution in [0.4, 0.5) is 4.39 Å². The first-order valence-electron chi connectivity index (χ1n) is 6.30. The van der Waals surface area contributed by atoms with Crippen LogP contribution >= 0.6 is 15.9 Å². The van der Waals surface area contributed by atoms with Gasteiger partial charge in [0.15, 0.2) is 0 Å². The van der Waals surface area contributed by atoms with Gasteiger partial charge in [0.05, 0.1) is 11.6 Å². The molecule has 0 aliphatic rings. The van der Waals surface area contributed by atoms with Crippen LogP contribution in [0.2, 0.25) is 0 Å². The minimum atomic E-state index is -0.629. The Kier molecular flexibility index (Phi) is 4.45. The number of halogens is 2. The van der Waals surface area contributed by atoms with Crippen LogP contribution in [0, 0.1) is 5.82 Å². The van der Waals surface area contributed by atoms with Crippen LogP contribution in [0.1, 0.15) is 18.1 Å². The van der Waals surface area contributed by atoms with Gasteiger partial charge in [0.2, 0.25) is 0 Å². The van der Waals surface area contributed by atoms with Crippen molar-refractivity contribution in [1.82, 2.24) is 0 Å². The number of methoxy groups -OCH3 is 1. The third-order valence-electron chi connectivity index (χ3n) is 3.27. The molecular formula is C16H17BrFNO. The van der Waals surface area contributed by atoms with Gasteiger partial charge in [0.1, 0.15) is 11.6 Å². The Labute approximate surface area is 126 Å². The van der Waals surface area contributed by atoms with Crippen LogP contribution in [0.25, 0.3) is 0 Å². The fourth-order valence-electron chi connectivity index (χ4n) is 2.19. The maximum atomic E-state index is 13.3. The molecule has 1 atom stereocenters. The molecule has 2 N–H and O–H groups in total. The second-order valence-electron chi connectivity index (χ2n) is 5.07. The van der Waals surface area contributed by atoms with Gasteiger partial charge < -0.3 is 10.5 Å². The maximum absolute atomic E-state index is 13.3. The predicted molar refractivity (Wildman–Crippen MR) is 82.3 cm³/mol. The Bertz CT molecular complexity index is 613. The summed E-state index contributed by atoms with van der Waals surface area (Å²) in [5, 5.41) is 0. The predicted octanol–water partition coefficient (Wildman–Crippen LogP) is 4.01. The zero-order chi connectivity index (χ0) is 14.8. The average Bonchev–Trinajstić information content (AvgIpc) is 2.38. The lowest BCUT2D eigenvalue weighted by atomic mass is 9.86. The second kappa shape index (κ2) is 5.94. The molecule has 0 saturated carbocycles. The smallest absolute Gasteiger partial charge is 0.133 e. The van der Waals surface area contributed by atoms with Crippen molar-refractivity contribution in [3.8, 4) is 5.75 Å². The molecule has 0 aliphatic carbocycles. The standard InChI is InChI=1S/C16H17BrFNO/c1-16(19,12-4-3-5-13(18)9-12)10-11-6-7-15(20-2)14(17)8-11/h3-9H,10,19H2,1-2H3. The van der Waals surface area contributed by atoms with Gasteiger partial charge in [-0.25, -0.2) is 4.39 Å². The van der Waals surface area contributed by atoms with E-state index < -0.39 is 5.54 Å². The van der Waals surface area contributed by atoms with Crippen molar-refractivity contribution in [3.05, 3.63) is 63.9 Å². The number of rotatable bonds is 4. The lowest BCUT2D eigenvalue weighted by Crippen LogP contribution is -2.35. The van der Waals surface area contributed by atoms with Crippen molar-refractivity contribution >= 4 is 15.9 Å². The molecule has 106 valence electrons. The van der Waals surface area contributed by atoms with Gasteiger partial charge in [-0.1, -0.05) is 18.2 Å². The lowest BCUT2D eigenvalue weighted by molar-refractivity contribution is 0.411. The Hall–Kier alpha value is -1.39.